The van der Waals surface area contributed by atoms with Crippen molar-refractivity contribution in [3.8, 4) is 11.5 Å². The Morgan fingerprint density at radius 2 is 1.57 bits per heavy atom. The van der Waals surface area contributed by atoms with Crippen LogP contribution in [-0.2, 0) is 11.3 Å². The predicted molar refractivity (Wildman–Crippen MR) is 113 cm³/mol. The molecule has 2 amide bonds. The minimum absolute atomic E-state index is 0.294. The Hall–Kier alpha value is -3.38. The van der Waals surface area contributed by atoms with E-state index in [2.05, 4.69) is 10.6 Å². The summed E-state index contributed by atoms with van der Waals surface area (Å²) in [6, 6.07) is 18.8. The third-order valence-corrected chi connectivity index (χ3v) is 4.63. The first-order valence-corrected chi connectivity index (χ1v) is 9.65. The van der Waals surface area contributed by atoms with Crippen LogP contribution in [0.2, 0.25) is 5.02 Å². The molecule has 30 heavy (non-hydrogen) atoms. The van der Waals surface area contributed by atoms with Gasteiger partial charge in [-0.3, -0.25) is 9.59 Å². The van der Waals surface area contributed by atoms with E-state index < -0.39 is 11.9 Å². The number of benzene rings is 3. The van der Waals surface area contributed by atoms with Crippen molar-refractivity contribution in [1.82, 2.24) is 10.6 Å². The average molecular weight is 427 g/mol. The Bertz CT molecular complexity index is 1020. The molecule has 3 rings (SSSR count). The molecule has 0 fully saturated rings. The van der Waals surface area contributed by atoms with Crippen molar-refractivity contribution in [3.05, 3.63) is 94.8 Å². The second-order valence-electron chi connectivity index (χ2n) is 6.59. The largest absolute Gasteiger partial charge is 0.457 e. The number of rotatable bonds is 7. The number of carbonyl (C=O) groups is 2. The molecule has 0 unspecified atom stereocenters. The smallest absolute Gasteiger partial charge is 0.253 e. The Kier molecular flexibility index (Phi) is 7.03. The van der Waals surface area contributed by atoms with Gasteiger partial charge in [-0.25, -0.2) is 4.39 Å². The van der Waals surface area contributed by atoms with E-state index in [1.54, 1.807) is 55.5 Å². The number of halogens is 2. The highest BCUT2D eigenvalue weighted by Gasteiger charge is 2.17. The molecular formula is C23H20ClFN2O3. The first-order valence-electron chi connectivity index (χ1n) is 9.28. The van der Waals surface area contributed by atoms with E-state index >= 15 is 0 Å². The summed E-state index contributed by atoms with van der Waals surface area (Å²) in [4.78, 5) is 24.5. The summed E-state index contributed by atoms with van der Waals surface area (Å²) in [5, 5.41) is 5.73. The third-order valence-electron chi connectivity index (χ3n) is 4.30. The molecule has 0 aliphatic heterocycles. The zero-order chi connectivity index (χ0) is 21.5. The molecule has 0 bridgehead atoms. The summed E-state index contributed by atoms with van der Waals surface area (Å²) in [6.45, 7) is 1.89. The lowest BCUT2D eigenvalue weighted by molar-refractivity contribution is -0.122. The molecule has 0 aliphatic carbocycles. The van der Waals surface area contributed by atoms with Crippen LogP contribution in [0.15, 0.2) is 72.8 Å². The summed E-state index contributed by atoms with van der Waals surface area (Å²) in [7, 11) is 0. The maximum absolute atomic E-state index is 12.9. The molecule has 0 radical (unpaired) electrons. The highest BCUT2D eigenvalue weighted by atomic mass is 35.5. The quantitative estimate of drug-likeness (QED) is 0.575. The Labute approximate surface area is 178 Å². The molecule has 0 heterocycles. The number of nitrogens with one attached hydrogen (secondary N) is 2. The molecule has 3 aromatic rings. The van der Waals surface area contributed by atoms with E-state index in [1.807, 2.05) is 12.1 Å². The Balaban J connectivity index is 1.49. The van der Waals surface area contributed by atoms with Crippen molar-refractivity contribution < 1.29 is 18.7 Å². The topological polar surface area (TPSA) is 67.4 Å². The molecule has 1 atom stereocenters. The Morgan fingerprint density at radius 1 is 0.967 bits per heavy atom. The number of hydrogen-bond acceptors (Lipinski definition) is 3. The van der Waals surface area contributed by atoms with Crippen LogP contribution in [0, 0.1) is 5.82 Å². The maximum Gasteiger partial charge on any atom is 0.253 e. The maximum atomic E-state index is 12.9. The van der Waals surface area contributed by atoms with Gasteiger partial charge < -0.3 is 15.4 Å². The van der Waals surface area contributed by atoms with Crippen molar-refractivity contribution in [2.45, 2.75) is 19.5 Å². The van der Waals surface area contributed by atoms with E-state index in [0.717, 1.165) is 5.56 Å². The van der Waals surface area contributed by atoms with Crippen LogP contribution in [0.3, 0.4) is 0 Å². The van der Waals surface area contributed by atoms with Crippen LogP contribution in [0.4, 0.5) is 4.39 Å². The van der Waals surface area contributed by atoms with Gasteiger partial charge >= 0.3 is 0 Å². The van der Waals surface area contributed by atoms with Gasteiger partial charge in [0.1, 0.15) is 23.4 Å². The number of ether oxygens (including phenoxy) is 1. The summed E-state index contributed by atoms with van der Waals surface area (Å²) in [6.07, 6.45) is 0. The molecular weight excluding hydrogens is 407 g/mol. The van der Waals surface area contributed by atoms with Gasteiger partial charge in [0, 0.05) is 6.54 Å². The Morgan fingerprint density at radius 3 is 2.20 bits per heavy atom. The minimum atomic E-state index is -0.727. The molecule has 0 saturated carbocycles. The van der Waals surface area contributed by atoms with Gasteiger partial charge in [0.05, 0.1) is 10.6 Å². The molecule has 0 spiro atoms. The lowest BCUT2D eigenvalue weighted by Crippen LogP contribution is -2.44. The normalized spacial score (nSPS) is 11.4. The SMILES string of the molecule is C[C@H](NC(=O)c1ccccc1Cl)C(=O)NCc1ccc(Oc2ccc(F)cc2)cc1. The van der Waals surface area contributed by atoms with Crippen LogP contribution in [0.5, 0.6) is 11.5 Å². The summed E-state index contributed by atoms with van der Waals surface area (Å²) >= 11 is 6.01. The van der Waals surface area contributed by atoms with E-state index in [9.17, 15) is 14.0 Å². The molecule has 5 nitrogen and oxygen atoms in total. The summed E-state index contributed by atoms with van der Waals surface area (Å²) < 4.78 is 18.6. The molecule has 154 valence electrons. The van der Waals surface area contributed by atoms with Crippen molar-refractivity contribution in [3.63, 3.8) is 0 Å². The van der Waals surface area contributed by atoms with E-state index in [-0.39, 0.29) is 11.7 Å². The van der Waals surface area contributed by atoms with Crippen LogP contribution in [0.1, 0.15) is 22.8 Å². The highest BCUT2D eigenvalue weighted by Crippen LogP contribution is 2.22. The van der Waals surface area contributed by atoms with Gasteiger partial charge in [-0.05, 0) is 61.0 Å². The van der Waals surface area contributed by atoms with Crippen molar-refractivity contribution in [1.29, 1.82) is 0 Å². The van der Waals surface area contributed by atoms with Crippen molar-refractivity contribution in [2.24, 2.45) is 0 Å². The van der Waals surface area contributed by atoms with Gasteiger partial charge in [0.2, 0.25) is 5.91 Å². The van der Waals surface area contributed by atoms with Crippen LogP contribution >= 0.6 is 11.6 Å². The average Bonchev–Trinajstić information content (AvgIpc) is 2.74. The number of hydrogen-bond donors (Lipinski definition) is 2. The van der Waals surface area contributed by atoms with Gasteiger partial charge in [-0.15, -0.1) is 0 Å². The van der Waals surface area contributed by atoms with Crippen molar-refractivity contribution in [2.75, 3.05) is 0 Å². The molecule has 0 aliphatic rings. The van der Waals surface area contributed by atoms with Crippen LogP contribution < -0.4 is 15.4 Å². The third kappa shape index (κ3) is 5.81. The lowest BCUT2D eigenvalue weighted by Gasteiger charge is -2.15. The van der Waals surface area contributed by atoms with Gasteiger partial charge in [0.15, 0.2) is 0 Å². The van der Waals surface area contributed by atoms with E-state index in [0.29, 0.717) is 28.6 Å². The minimum Gasteiger partial charge on any atom is -0.457 e. The predicted octanol–water partition coefficient (Wildman–Crippen LogP) is 4.71. The fraction of sp³-hybridized carbons (Fsp3) is 0.130. The molecule has 2 N–H and O–H groups in total. The van der Waals surface area contributed by atoms with Gasteiger partial charge in [-0.2, -0.15) is 0 Å². The van der Waals surface area contributed by atoms with E-state index in [1.165, 1.54) is 12.1 Å². The van der Waals surface area contributed by atoms with Crippen LogP contribution in [-0.4, -0.2) is 17.9 Å². The fourth-order valence-corrected chi connectivity index (χ4v) is 2.86. The molecule has 3 aromatic carbocycles. The van der Waals surface area contributed by atoms with E-state index in [4.69, 9.17) is 16.3 Å². The van der Waals surface area contributed by atoms with Gasteiger partial charge in [-0.1, -0.05) is 35.9 Å². The number of amides is 2. The lowest BCUT2D eigenvalue weighted by atomic mass is 10.2. The first kappa shape index (κ1) is 21.3. The number of carbonyl (C=O) groups excluding carboxylic acids is 2. The molecule has 0 aromatic heterocycles. The zero-order valence-electron chi connectivity index (χ0n) is 16.2. The standard InChI is InChI=1S/C23H20ClFN2O3/c1-15(27-23(29)20-4-2-3-5-21(20)24)22(28)26-14-16-6-10-18(11-7-16)30-19-12-8-17(25)9-13-19/h2-13,15H,14H2,1H3,(H,26,28)(H,27,29)/t15-/m0/s1. The fourth-order valence-electron chi connectivity index (χ4n) is 2.64. The second kappa shape index (κ2) is 9.89. The zero-order valence-corrected chi connectivity index (χ0v) is 16.9. The van der Waals surface area contributed by atoms with Gasteiger partial charge in [0.25, 0.3) is 5.91 Å². The monoisotopic (exact) mass is 426 g/mol. The summed E-state index contributed by atoms with van der Waals surface area (Å²) in [5.74, 6) is 0.0657. The molecule has 0 saturated heterocycles. The molecule has 7 heteroatoms. The first-order chi connectivity index (χ1) is 14.4. The summed E-state index contributed by atoms with van der Waals surface area (Å²) in [5.41, 5.74) is 1.18. The second-order valence-corrected chi connectivity index (χ2v) is 7.00. The van der Waals surface area contributed by atoms with Crippen LogP contribution in [0.25, 0.3) is 0 Å². The van der Waals surface area contributed by atoms with Crippen molar-refractivity contribution >= 4 is 23.4 Å². The highest BCUT2D eigenvalue weighted by molar-refractivity contribution is 6.33.